The monoisotopic (exact) mass is 414 g/mol. The summed E-state index contributed by atoms with van der Waals surface area (Å²) in [6.45, 7) is -0.423. The molecule has 2 aliphatic rings. The molecule has 0 aromatic carbocycles. The number of aliphatic hydroxyl groups is 2. The number of carbonyl (C=O) groups is 2. The Morgan fingerprint density at radius 1 is 0.786 bits per heavy atom. The van der Waals surface area contributed by atoms with E-state index in [4.69, 9.17) is 9.47 Å². The molecule has 160 valence electrons. The van der Waals surface area contributed by atoms with E-state index in [0.29, 0.717) is 12.2 Å². The van der Waals surface area contributed by atoms with Crippen molar-refractivity contribution < 1.29 is 46.8 Å². The third-order valence-corrected chi connectivity index (χ3v) is 4.58. The van der Waals surface area contributed by atoms with Crippen LogP contribution >= 0.6 is 0 Å². The number of β-amino-alcohol motifs (C(OH)–C–C–N with tert-alkyl or cyclic N) is 2. The van der Waals surface area contributed by atoms with Gasteiger partial charge in [0.15, 0.2) is 0 Å². The van der Waals surface area contributed by atoms with Gasteiger partial charge in [0.25, 0.3) is 0 Å². The van der Waals surface area contributed by atoms with Crippen molar-refractivity contribution in [3.8, 4) is 0 Å². The number of esters is 2. The molecule has 28 heavy (non-hydrogen) atoms. The summed E-state index contributed by atoms with van der Waals surface area (Å²) in [5, 5.41) is 24.7. The van der Waals surface area contributed by atoms with Gasteiger partial charge in [-0.25, -0.2) is 27.2 Å². The zero-order valence-corrected chi connectivity index (χ0v) is 14.6. The molecule has 6 atom stereocenters. The maximum absolute atomic E-state index is 13.0. The van der Waals surface area contributed by atoms with Crippen LogP contribution in [0.4, 0.5) is 17.6 Å². The molecule has 12 heteroatoms. The number of hydrogen-bond acceptors (Lipinski definition) is 8. The van der Waals surface area contributed by atoms with Gasteiger partial charge >= 0.3 is 11.9 Å². The molecule has 0 bridgehead atoms. The molecule has 0 aromatic heterocycles. The lowest BCUT2D eigenvalue weighted by Crippen LogP contribution is -2.54. The molecule has 0 aromatic rings. The fourth-order valence-corrected chi connectivity index (χ4v) is 3.11. The molecular weight excluding hydrogens is 392 g/mol. The first-order valence-electron chi connectivity index (χ1n) is 8.64. The van der Waals surface area contributed by atoms with Crippen molar-refractivity contribution in [1.82, 2.24) is 10.6 Å². The number of ether oxygens (including phenoxy) is 2. The average Bonchev–Trinajstić information content (AvgIpc) is 2.63. The van der Waals surface area contributed by atoms with Crippen molar-refractivity contribution in [2.24, 2.45) is 11.8 Å². The Balaban J connectivity index is 1.92. The van der Waals surface area contributed by atoms with Crippen LogP contribution in [0.1, 0.15) is 0 Å². The molecule has 0 radical (unpaired) electrons. The molecule has 2 saturated heterocycles. The minimum absolute atomic E-state index is 0.0461. The molecule has 0 saturated carbocycles. The number of aliphatic hydroxyl groups excluding tert-OH is 2. The van der Waals surface area contributed by atoms with Crippen molar-refractivity contribution in [3.05, 3.63) is 12.2 Å². The summed E-state index contributed by atoms with van der Waals surface area (Å²) in [5.41, 5.74) is 0. The van der Waals surface area contributed by atoms with Gasteiger partial charge in [-0.2, -0.15) is 0 Å². The van der Waals surface area contributed by atoms with E-state index < -0.39 is 61.0 Å². The zero-order chi connectivity index (χ0) is 20.8. The average molecular weight is 414 g/mol. The third-order valence-electron chi connectivity index (χ3n) is 4.58. The van der Waals surface area contributed by atoms with Crippen LogP contribution < -0.4 is 10.6 Å². The maximum Gasteiger partial charge on any atom is 0.331 e. The van der Waals surface area contributed by atoms with E-state index in [1.165, 1.54) is 0 Å². The Morgan fingerprint density at radius 2 is 1.14 bits per heavy atom. The molecule has 2 aliphatic heterocycles. The Bertz CT molecular complexity index is 531. The number of rotatable bonds is 6. The molecule has 2 rings (SSSR count). The highest BCUT2D eigenvalue weighted by molar-refractivity contribution is 5.91. The number of hydrogen-bond donors (Lipinski definition) is 4. The van der Waals surface area contributed by atoms with Crippen LogP contribution in [0.3, 0.4) is 0 Å². The lowest BCUT2D eigenvalue weighted by atomic mass is 9.94. The van der Waals surface area contributed by atoms with Gasteiger partial charge in [-0.05, 0) is 0 Å². The normalized spacial score (nSPS) is 34.0. The van der Waals surface area contributed by atoms with E-state index in [9.17, 15) is 37.4 Å². The van der Waals surface area contributed by atoms with Crippen molar-refractivity contribution in [3.63, 3.8) is 0 Å². The summed E-state index contributed by atoms with van der Waals surface area (Å²) in [5.74, 6) is -5.20. The van der Waals surface area contributed by atoms with E-state index >= 15 is 0 Å². The topological polar surface area (TPSA) is 117 Å². The van der Waals surface area contributed by atoms with E-state index in [0.717, 1.165) is 0 Å². The number of carbonyl (C=O) groups excluding carboxylic acids is 2. The molecule has 0 spiro atoms. The van der Waals surface area contributed by atoms with Crippen molar-refractivity contribution >= 4 is 11.9 Å². The summed E-state index contributed by atoms with van der Waals surface area (Å²) in [6, 6.07) is 0. The van der Waals surface area contributed by atoms with Crippen molar-refractivity contribution in [2.45, 2.75) is 37.3 Å². The Hall–Kier alpha value is -1.76. The molecule has 2 heterocycles. The lowest BCUT2D eigenvalue weighted by Gasteiger charge is -2.34. The lowest BCUT2D eigenvalue weighted by molar-refractivity contribution is -0.165. The van der Waals surface area contributed by atoms with Crippen LogP contribution in [0.25, 0.3) is 0 Å². The van der Waals surface area contributed by atoms with Crippen molar-refractivity contribution in [2.75, 3.05) is 26.2 Å². The highest BCUT2D eigenvalue weighted by Crippen LogP contribution is 2.24. The zero-order valence-electron chi connectivity index (χ0n) is 14.6. The van der Waals surface area contributed by atoms with Gasteiger partial charge in [-0.3, -0.25) is 0 Å². The van der Waals surface area contributed by atoms with E-state index in [1.807, 2.05) is 0 Å². The second-order valence-electron chi connectivity index (χ2n) is 6.58. The largest absolute Gasteiger partial charge is 0.456 e. The smallest absolute Gasteiger partial charge is 0.331 e. The van der Waals surface area contributed by atoms with Crippen LogP contribution in [-0.2, 0) is 19.1 Å². The highest BCUT2D eigenvalue weighted by atomic mass is 19.3. The molecule has 0 amide bonds. The molecule has 0 unspecified atom stereocenters. The molecule has 0 aliphatic carbocycles. The standard InChI is InChI=1S/C16H22F4N2O6/c17-15(18)7-3-21-5-9(23)13(7)27-11(25)1-2-12(26)28-14-8(16(19)20)4-22-6-10(14)24/h1-2,7-10,13-16,21-24H,3-6H2/b2-1+/t7-,8-,9+,10+,13+,14+/m0/s1. The molecular formula is C16H22F4N2O6. The van der Waals surface area contributed by atoms with E-state index in [1.54, 1.807) is 0 Å². The van der Waals surface area contributed by atoms with Crippen LogP contribution in [0.15, 0.2) is 12.2 Å². The summed E-state index contributed by atoms with van der Waals surface area (Å²) in [4.78, 5) is 23.6. The summed E-state index contributed by atoms with van der Waals surface area (Å²) in [6.07, 6.45) is -10.2. The Labute approximate surface area is 157 Å². The van der Waals surface area contributed by atoms with E-state index in [-0.39, 0.29) is 26.2 Å². The first-order valence-corrected chi connectivity index (χ1v) is 8.64. The first-order chi connectivity index (χ1) is 13.2. The predicted octanol–water partition coefficient (Wildman–Crippen LogP) is -0.943. The SMILES string of the molecule is O=C(/C=C/C(=O)O[C@H]1[C@H](O)CNC[C@@H]1C(F)F)O[C@H]1[C@H](O)CNC[C@@H]1C(F)F. The van der Waals surface area contributed by atoms with Crippen LogP contribution in [0.2, 0.25) is 0 Å². The summed E-state index contributed by atoms with van der Waals surface area (Å²) < 4.78 is 61.6. The van der Waals surface area contributed by atoms with Crippen LogP contribution in [-0.4, -0.2) is 85.6 Å². The number of halogens is 4. The minimum Gasteiger partial charge on any atom is -0.456 e. The second-order valence-corrected chi connectivity index (χ2v) is 6.58. The maximum atomic E-state index is 13.0. The highest BCUT2D eigenvalue weighted by Gasteiger charge is 2.41. The second kappa shape index (κ2) is 10.1. The third kappa shape index (κ3) is 5.87. The quantitative estimate of drug-likeness (QED) is 0.250. The van der Waals surface area contributed by atoms with Gasteiger partial charge in [0.05, 0.1) is 11.8 Å². The number of alkyl halides is 4. The Kier molecular flexibility index (Phi) is 8.16. The van der Waals surface area contributed by atoms with Crippen LogP contribution in [0.5, 0.6) is 0 Å². The van der Waals surface area contributed by atoms with Gasteiger partial charge in [0.1, 0.15) is 24.4 Å². The van der Waals surface area contributed by atoms with Gasteiger partial charge < -0.3 is 30.3 Å². The van der Waals surface area contributed by atoms with Gasteiger partial charge in [0, 0.05) is 38.3 Å². The minimum atomic E-state index is -2.85. The first kappa shape index (κ1) is 22.5. The molecule has 2 fully saturated rings. The Morgan fingerprint density at radius 3 is 1.46 bits per heavy atom. The number of nitrogens with one attached hydrogen (secondary N) is 2. The van der Waals surface area contributed by atoms with Gasteiger partial charge in [0.2, 0.25) is 12.9 Å². The van der Waals surface area contributed by atoms with E-state index in [2.05, 4.69) is 10.6 Å². The molecule has 8 nitrogen and oxygen atoms in total. The summed E-state index contributed by atoms with van der Waals surface area (Å²) in [7, 11) is 0. The van der Waals surface area contributed by atoms with Gasteiger partial charge in [-0.15, -0.1) is 0 Å². The fraction of sp³-hybridized carbons (Fsp3) is 0.750. The predicted molar refractivity (Wildman–Crippen MR) is 85.6 cm³/mol. The fourth-order valence-electron chi connectivity index (χ4n) is 3.11. The van der Waals surface area contributed by atoms with Crippen LogP contribution in [0, 0.1) is 11.8 Å². The van der Waals surface area contributed by atoms with Gasteiger partial charge in [-0.1, -0.05) is 0 Å². The summed E-state index contributed by atoms with van der Waals surface area (Å²) >= 11 is 0. The van der Waals surface area contributed by atoms with Crippen molar-refractivity contribution in [1.29, 1.82) is 0 Å². The molecule has 4 N–H and O–H groups in total. The number of piperidine rings is 2.